The van der Waals surface area contributed by atoms with Crippen molar-refractivity contribution in [2.75, 3.05) is 13.1 Å². The van der Waals surface area contributed by atoms with Crippen molar-refractivity contribution in [1.82, 2.24) is 9.44 Å². The molecular weight excluding hydrogens is 216 g/mol. The van der Waals surface area contributed by atoms with Crippen LogP contribution in [-0.2, 0) is 10.2 Å². The van der Waals surface area contributed by atoms with Crippen molar-refractivity contribution >= 4 is 10.2 Å². The molecule has 0 fully saturated rings. The fourth-order valence-electron chi connectivity index (χ4n) is 0.625. The van der Waals surface area contributed by atoms with Crippen molar-refractivity contribution in [2.45, 2.75) is 25.8 Å². The smallest absolute Gasteiger partial charge is 0.277 e. The van der Waals surface area contributed by atoms with Gasteiger partial charge in [0, 0.05) is 6.04 Å². The Bertz CT molecular complexity index is 266. The summed E-state index contributed by atoms with van der Waals surface area (Å²) in [5.74, 6) is -3.22. The molecule has 86 valence electrons. The maximum absolute atomic E-state index is 12.5. The van der Waals surface area contributed by atoms with Gasteiger partial charge >= 0.3 is 0 Å². The predicted octanol–water partition coefficient (Wildman–Crippen LogP) is -0.587. The molecule has 0 bridgehead atoms. The van der Waals surface area contributed by atoms with E-state index in [1.165, 1.54) is 0 Å². The van der Waals surface area contributed by atoms with E-state index in [1.54, 1.807) is 18.6 Å². The van der Waals surface area contributed by atoms with Crippen molar-refractivity contribution in [1.29, 1.82) is 0 Å². The Morgan fingerprint density at radius 2 is 1.93 bits per heavy atom. The Morgan fingerprint density at radius 1 is 1.43 bits per heavy atom. The minimum absolute atomic E-state index is 0.348. The fraction of sp³-hybridized carbons (Fsp3) is 1.00. The van der Waals surface area contributed by atoms with Crippen LogP contribution in [0.3, 0.4) is 0 Å². The molecule has 0 aromatic rings. The largest absolute Gasteiger partial charge is 0.325 e. The molecule has 4 N–H and O–H groups in total. The zero-order valence-electron chi connectivity index (χ0n) is 8.05. The van der Waals surface area contributed by atoms with Gasteiger partial charge in [0.1, 0.15) is 0 Å². The Labute approximate surface area is 82.2 Å². The molecule has 0 unspecified atom stereocenters. The highest BCUT2D eigenvalue weighted by molar-refractivity contribution is 7.87. The SMILES string of the molecule is CC(C)NS(=O)(=O)NCC(F)(F)CN. The summed E-state index contributed by atoms with van der Waals surface area (Å²) in [6.07, 6.45) is 0. The third-order valence-electron chi connectivity index (χ3n) is 1.21. The lowest BCUT2D eigenvalue weighted by molar-refractivity contribution is 0.0169. The van der Waals surface area contributed by atoms with E-state index in [0.29, 0.717) is 0 Å². The van der Waals surface area contributed by atoms with Gasteiger partial charge in [-0.3, -0.25) is 0 Å². The van der Waals surface area contributed by atoms with Crippen molar-refractivity contribution in [3.8, 4) is 0 Å². The van der Waals surface area contributed by atoms with Gasteiger partial charge in [-0.05, 0) is 13.8 Å². The van der Waals surface area contributed by atoms with Crippen molar-refractivity contribution in [3.63, 3.8) is 0 Å². The Kier molecular flexibility index (Phi) is 4.85. The summed E-state index contributed by atoms with van der Waals surface area (Å²) in [5.41, 5.74) is 4.73. The van der Waals surface area contributed by atoms with Crippen LogP contribution in [0.25, 0.3) is 0 Å². The molecule has 0 rings (SSSR count). The van der Waals surface area contributed by atoms with Crippen LogP contribution in [0.15, 0.2) is 0 Å². The quantitative estimate of drug-likeness (QED) is 0.571. The molecule has 8 heteroatoms. The highest BCUT2D eigenvalue weighted by Crippen LogP contribution is 2.08. The van der Waals surface area contributed by atoms with Crippen LogP contribution >= 0.6 is 0 Å². The number of hydrogen-bond acceptors (Lipinski definition) is 3. The molecule has 0 aliphatic rings. The van der Waals surface area contributed by atoms with Crippen LogP contribution in [0.1, 0.15) is 13.8 Å². The molecular formula is C6H15F2N3O2S. The summed E-state index contributed by atoms with van der Waals surface area (Å²) < 4.78 is 50.9. The molecule has 14 heavy (non-hydrogen) atoms. The van der Waals surface area contributed by atoms with Gasteiger partial charge in [-0.2, -0.15) is 17.9 Å². The summed E-state index contributed by atoms with van der Waals surface area (Å²) in [7, 11) is -3.86. The molecule has 0 spiro atoms. The van der Waals surface area contributed by atoms with Crippen LogP contribution in [0, 0.1) is 0 Å². The predicted molar refractivity (Wildman–Crippen MR) is 49.2 cm³/mol. The third kappa shape index (κ3) is 6.19. The molecule has 0 saturated carbocycles. The van der Waals surface area contributed by atoms with Crippen LogP contribution < -0.4 is 15.2 Å². The highest BCUT2D eigenvalue weighted by atomic mass is 32.2. The number of hydrogen-bond donors (Lipinski definition) is 3. The van der Waals surface area contributed by atoms with Crippen molar-refractivity contribution < 1.29 is 17.2 Å². The molecule has 0 heterocycles. The lowest BCUT2D eigenvalue weighted by Gasteiger charge is -2.16. The van der Waals surface area contributed by atoms with Gasteiger partial charge in [-0.15, -0.1) is 0 Å². The van der Waals surface area contributed by atoms with Gasteiger partial charge < -0.3 is 5.73 Å². The minimum atomic E-state index is -3.86. The highest BCUT2D eigenvalue weighted by Gasteiger charge is 2.28. The second kappa shape index (κ2) is 4.96. The van der Waals surface area contributed by atoms with E-state index in [9.17, 15) is 17.2 Å². The summed E-state index contributed by atoms with van der Waals surface area (Å²) in [6, 6.07) is -0.348. The van der Waals surface area contributed by atoms with Crippen LogP contribution in [0.4, 0.5) is 8.78 Å². The fourth-order valence-corrected chi connectivity index (χ4v) is 1.73. The van der Waals surface area contributed by atoms with E-state index in [2.05, 4.69) is 4.72 Å². The molecule has 0 aliphatic heterocycles. The number of alkyl halides is 2. The first-order valence-corrected chi connectivity index (χ1v) is 5.51. The number of nitrogens with one attached hydrogen (secondary N) is 2. The number of halogens is 2. The first kappa shape index (κ1) is 13.7. The van der Waals surface area contributed by atoms with Gasteiger partial charge in [0.25, 0.3) is 16.1 Å². The van der Waals surface area contributed by atoms with Crippen LogP contribution in [-0.4, -0.2) is 33.5 Å². The van der Waals surface area contributed by atoms with Crippen LogP contribution in [0.2, 0.25) is 0 Å². The third-order valence-corrected chi connectivity index (χ3v) is 2.52. The lowest BCUT2D eigenvalue weighted by Crippen LogP contribution is -2.47. The molecule has 5 nitrogen and oxygen atoms in total. The second-order valence-electron chi connectivity index (χ2n) is 3.16. The molecule has 0 amide bonds. The lowest BCUT2D eigenvalue weighted by atomic mass is 10.3. The van der Waals surface area contributed by atoms with Gasteiger partial charge in [0.2, 0.25) is 0 Å². The van der Waals surface area contributed by atoms with Gasteiger partial charge in [0.05, 0.1) is 13.1 Å². The maximum atomic E-state index is 12.5. The van der Waals surface area contributed by atoms with E-state index in [0.717, 1.165) is 0 Å². The first-order chi connectivity index (χ1) is 6.18. The number of rotatable bonds is 6. The van der Waals surface area contributed by atoms with E-state index in [1.807, 2.05) is 0 Å². The topological polar surface area (TPSA) is 84.2 Å². The van der Waals surface area contributed by atoms with E-state index in [4.69, 9.17) is 5.73 Å². The van der Waals surface area contributed by atoms with Crippen molar-refractivity contribution in [3.05, 3.63) is 0 Å². The Hall–Kier alpha value is -0.310. The molecule has 0 aliphatic carbocycles. The Balaban J connectivity index is 4.13. The summed E-state index contributed by atoms with van der Waals surface area (Å²) in [6.45, 7) is 1.28. The molecule has 0 aromatic heterocycles. The zero-order chi connectivity index (χ0) is 11.4. The molecule has 0 atom stereocenters. The second-order valence-corrected chi connectivity index (χ2v) is 4.69. The minimum Gasteiger partial charge on any atom is -0.325 e. The van der Waals surface area contributed by atoms with E-state index >= 15 is 0 Å². The standard InChI is InChI=1S/C6H15F2N3O2S/c1-5(2)11-14(12,13)10-4-6(7,8)3-9/h5,10-11H,3-4,9H2,1-2H3. The average molecular weight is 231 g/mol. The normalized spacial score (nSPS) is 13.6. The maximum Gasteiger partial charge on any atom is 0.277 e. The van der Waals surface area contributed by atoms with Gasteiger partial charge in [0.15, 0.2) is 0 Å². The van der Waals surface area contributed by atoms with E-state index < -0.39 is 29.2 Å². The van der Waals surface area contributed by atoms with Crippen molar-refractivity contribution in [2.24, 2.45) is 5.73 Å². The van der Waals surface area contributed by atoms with Gasteiger partial charge in [-0.25, -0.2) is 8.78 Å². The van der Waals surface area contributed by atoms with Gasteiger partial charge in [-0.1, -0.05) is 0 Å². The van der Waals surface area contributed by atoms with Crippen LogP contribution in [0.5, 0.6) is 0 Å². The summed E-state index contributed by atoms with van der Waals surface area (Å²) >= 11 is 0. The molecule has 0 saturated heterocycles. The first-order valence-electron chi connectivity index (χ1n) is 4.03. The summed E-state index contributed by atoms with van der Waals surface area (Å²) in [4.78, 5) is 0. The summed E-state index contributed by atoms with van der Waals surface area (Å²) in [5, 5.41) is 0. The number of nitrogens with two attached hydrogens (primary N) is 1. The average Bonchev–Trinajstić information content (AvgIpc) is 1.99. The Morgan fingerprint density at radius 3 is 2.29 bits per heavy atom. The zero-order valence-corrected chi connectivity index (χ0v) is 8.87. The van der Waals surface area contributed by atoms with E-state index in [-0.39, 0.29) is 6.04 Å². The monoisotopic (exact) mass is 231 g/mol. The molecule has 0 aromatic carbocycles. The molecule has 0 radical (unpaired) electrons.